The zero-order chi connectivity index (χ0) is 24.6. The summed E-state index contributed by atoms with van der Waals surface area (Å²) in [7, 11) is 0. The van der Waals surface area contributed by atoms with E-state index < -0.39 is 23.6 Å². The minimum absolute atomic E-state index is 0.0213. The Hall–Kier alpha value is -2.17. The molecule has 1 saturated carbocycles. The average molecular weight is 459 g/mol. The van der Waals surface area contributed by atoms with Crippen molar-refractivity contribution in [3.63, 3.8) is 0 Å². The number of benzene rings is 1. The molecule has 1 aromatic carbocycles. The second-order valence-corrected chi connectivity index (χ2v) is 10.9. The third-order valence-corrected chi connectivity index (χ3v) is 6.49. The van der Waals surface area contributed by atoms with Gasteiger partial charge in [-0.15, -0.1) is 0 Å². The van der Waals surface area contributed by atoms with Crippen molar-refractivity contribution in [3.05, 3.63) is 35.9 Å². The Kier molecular flexibility index (Phi) is 10.1. The van der Waals surface area contributed by atoms with Crippen molar-refractivity contribution in [3.8, 4) is 0 Å². The van der Waals surface area contributed by atoms with E-state index in [0.717, 1.165) is 18.4 Å². The second-order valence-electron chi connectivity index (χ2n) is 10.9. The van der Waals surface area contributed by atoms with E-state index in [1.165, 1.54) is 6.42 Å². The van der Waals surface area contributed by atoms with Crippen LogP contribution in [-0.2, 0) is 23.9 Å². The lowest BCUT2D eigenvalue weighted by Crippen LogP contribution is -2.33. The van der Waals surface area contributed by atoms with Gasteiger partial charge in [-0.3, -0.25) is 14.4 Å². The fraction of sp³-hybridized carbons (Fsp3) is 0.679. The molecule has 0 heterocycles. The Morgan fingerprint density at radius 2 is 1.61 bits per heavy atom. The van der Waals surface area contributed by atoms with Crippen LogP contribution in [0.25, 0.3) is 0 Å². The Bertz CT molecular complexity index is 777. The summed E-state index contributed by atoms with van der Waals surface area (Å²) in [5, 5.41) is 0. The van der Waals surface area contributed by atoms with Crippen LogP contribution in [0.2, 0.25) is 0 Å². The van der Waals surface area contributed by atoms with Crippen molar-refractivity contribution < 1.29 is 23.9 Å². The number of hydrogen-bond donors (Lipinski definition) is 0. The molecule has 184 valence electrons. The van der Waals surface area contributed by atoms with E-state index in [-0.39, 0.29) is 24.5 Å². The lowest BCUT2D eigenvalue weighted by Gasteiger charge is -2.36. The van der Waals surface area contributed by atoms with Crippen LogP contribution in [-0.4, -0.2) is 23.3 Å². The highest BCUT2D eigenvalue weighted by Gasteiger charge is 2.35. The zero-order valence-corrected chi connectivity index (χ0v) is 21.3. The van der Waals surface area contributed by atoms with Crippen molar-refractivity contribution in [1.82, 2.24) is 0 Å². The topological polar surface area (TPSA) is 69.7 Å². The standard InChI is InChI=1S/C28H42O5/c1-19(2)22-13-12-20(3)18-23(22)24(29)14-15-25(21-10-8-7-9-11-21)32-26(30)16-17-27(31)33-28(4,5)6/h7-11,19-20,22-23,25H,12-18H2,1-6H3/t20-,22+,23-,25-/m1/s1. The van der Waals surface area contributed by atoms with Crippen LogP contribution in [0.1, 0.15) is 98.2 Å². The highest BCUT2D eigenvalue weighted by molar-refractivity contribution is 5.81. The fourth-order valence-corrected chi connectivity index (χ4v) is 4.81. The maximum Gasteiger partial charge on any atom is 0.306 e. The second kappa shape index (κ2) is 12.3. The van der Waals surface area contributed by atoms with Gasteiger partial charge in [0.2, 0.25) is 0 Å². The van der Waals surface area contributed by atoms with E-state index in [9.17, 15) is 14.4 Å². The molecular weight excluding hydrogens is 416 g/mol. The number of hydrogen-bond acceptors (Lipinski definition) is 5. The van der Waals surface area contributed by atoms with E-state index >= 15 is 0 Å². The molecular formula is C28H42O5. The quantitative estimate of drug-likeness (QED) is 0.377. The molecule has 0 radical (unpaired) electrons. The van der Waals surface area contributed by atoms with Gasteiger partial charge in [0, 0.05) is 12.3 Å². The summed E-state index contributed by atoms with van der Waals surface area (Å²) in [6.45, 7) is 12.0. The monoisotopic (exact) mass is 458 g/mol. The molecule has 1 aliphatic carbocycles. The minimum Gasteiger partial charge on any atom is -0.460 e. The predicted molar refractivity (Wildman–Crippen MR) is 129 cm³/mol. The van der Waals surface area contributed by atoms with Gasteiger partial charge in [0.15, 0.2) is 0 Å². The summed E-state index contributed by atoms with van der Waals surface area (Å²) < 4.78 is 11.0. The van der Waals surface area contributed by atoms with Gasteiger partial charge in [-0.1, -0.05) is 57.5 Å². The first-order chi connectivity index (χ1) is 15.5. The summed E-state index contributed by atoms with van der Waals surface area (Å²) in [6, 6.07) is 9.53. The molecule has 33 heavy (non-hydrogen) atoms. The van der Waals surface area contributed by atoms with Crippen LogP contribution in [0.3, 0.4) is 0 Å². The predicted octanol–water partition coefficient (Wildman–Crippen LogP) is 6.45. The first-order valence-electron chi connectivity index (χ1n) is 12.4. The molecule has 1 fully saturated rings. The van der Waals surface area contributed by atoms with E-state index in [1.54, 1.807) is 20.8 Å². The number of esters is 2. The number of carbonyl (C=O) groups is 3. The molecule has 0 aromatic heterocycles. The Balaban J connectivity index is 1.99. The van der Waals surface area contributed by atoms with Gasteiger partial charge in [-0.25, -0.2) is 0 Å². The summed E-state index contributed by atoms with van der Waals surface area (Å²) in [5.74, 6) is 0.997. The van der Waals surface area contributed by atoms with Gasteiger partial charge in [-0.05, 0) is 63.4 Å². The van der Waals surface area contributed by atoms with Crippen molar-refractivity contribution in [2.24, 2.45) is 23.7 Å². The van der Waals surface area contributed by atoms with E-state index in [4.69, 9.17) is 9.47 Å². The molecule has 2 rings (SSSR count). The highest BCUT2D eigenvalue weighted by atomic mass is 16.6. The maximum absolute atomic E-state index is 13.2. The summed E-state index contributed by atoms with van der Waals surface area (Å²) in [5.41, 5.74) is 0.284. The maximum atomic E-state index is 13.2. The van der Waals surface area contributed by atoms with Gasteiger partial charge in [0.1, 0.15) is 17.5 Å². The third kappa shape index (κ3) is 9.30. The number of ketones is 1. The number of ether oxygens (including phenoxy) is 2. The van der Waals surface area contributed by atoms with Gasteiger partial charge in [0.05, 0.1) is 12.8 Å². The number of carbonyl (C=O) groups excluding carboxylic acids is 3. The van der Waals surface area contributed by atoms with E-state index in [0.29, 0.717) is 30.6 Å². The first kappa shape index (κ1) is 27.1. The highest BCUT2D eigenvalue weighted by Crippen LogP contribution is 2.39. The van der Waals surface area contributed by atoms with Gasteiger partial charge in [-0.2, -0.15) is 0 Å². The van der Waals surface area contributed by atoms with Crippen molar-refractivity contribution >= 4 is 17.7 Å². The molecule has 1 aromatic rings. The largest absolute Gasteiger partial charge is 0.460 e. The summed E-state index contributed by atoms with van der Waals surface area (Å²) in [6.07, 6.45) is 3.53. The lowest BCUT2D eigenvalue weighted by atomic mass is 9.68. The van der Waals surface area contributed by atoms with Crippen molar-refractivity contribution in [2.45, 2.75) is 98.2 Å². The SMILES string of the molecule is CC(C)[C@@H]1CC[C@@H](C)C[C@H]1C(=O)CC[C@@H](OC(=O)CCC(=O)OC(C)(C)C)c1ccccc1. The van der Waals surface area contributed by atoms with Gasteiger partial charge in [0.25, 0.3) is 0 Å². The van der Waals surface area contributed by atoms with Crippen LogP contribution in [0.4, 0.5) is 0 Å². The molecule has 0 aliphatic heterocycles. The molecule has 1 aliphatic rings. The van der Waals surface area contributed by atoms with Crippen molar-refractivity contribution in [2.75, 3.05) is 0 Å². The Labute approximate surface area is 199 Å². The average Bonchev–Trinajstić information content (AvgIpc) is 2.74. The van der Waals surface area contributed by atoms with E-state index in [1.807, 2.05) is 30.3 Å². The zero-order valence-electron chi connectivity index (χ0n) is 21.3. The van der Waals surface area contributed by atoms with E-state index in [2.05, 4.69) is 20.8 Å². The van der Waals surface area contributed by atoms with Crippen LogP contribution in [0.15, 0.2) is 30.3 Å². The van der Waals surface area contributed by atoms with Crippen LogP contribution in [0, 0.1) is 23.7 Å². The van der Waals surface area contributed by atoms with Crippen LogP contribution < -0.4 is 0 Å². The molecule has 0 N–H and O–H groups in total. The molecule has 0 bridgehead atoms. The van der Waals surface area contributed by atoms with Gasteiger partial charge >= 0.3 is 11.9 Å². The molecule has 5 heteroatoms. The third-order valence-electron chi connectivity index (χ3n) is 6.49. The molecule has 5 nitrogen and oxygen atoms in total. The molecule has 0 amide bonds. The summed E-state index contributed by atoms with van der Waals surface area (Å²) >= 11 is 0. The molecule has 0 unspecified atom stereocenters. The molecule has 0 saturated heterocycles. The molecule has 0 spiro atoms. The van der Waals surface area contributed by atoms with Crippen molar-refractivity contribution in [1.29, 1.82) is 0 Å². The number of rotatable bonds is 10. The minimum atomic E-state index is -0.585. The smallest absolute Gasteiger partial charge is 0.306 e. The lowest BCUT2D eigenvalue weighted by molar-refractivity contribution is -0.160. The Morgan fingerprint density at radius 3 is 2.21 bits per heavy atom. The molecule has 4 atom stereocenters. The fourth-order valence-electron chi connectivity index (χ4n) is 4.81. The normalized spacial score (nSPS) is 22.0. The van der Waals surface area contributed by atoms with Gasteiger partial charge < -0.3 is 9.47 Å². The van der Waals surface area contributed by atoms with Crippen LogP contribution >= 0.6 is 0 Å². The first-order valence-corrected chi connectivity index (χ1v) is 12.4. The van der Waals surface area contributed by atoms with Crippen LogP contribution in [0.5, 0.6) is 0 Å². The Morgan fingerprint density at radius 1 is 0.970 bits per heavy atom. The number of Topliss-reactive ketones (excluding diaryl/α,β-unsaturated/α-hetero) is 1. The summed E-state index contributed by atoms with van der Waals surface area (Å²) in [4.78, 5) is 37.7.